The van der Waals surface area contributed by atoms with E-state index in [1.165, 1.54) is 0 Å². The number of aliphatic hydroxyl groups is 1. The van der Waals surface area contributed by atoms with Gasteiger partial charge in [-0.25, -0.2) is 4.98 Å². The van der Waals surface area contributed by atoms with Crippen molar-refractivity contribution < 1.29 is 9.84 Å². The molecule has 6 nitrogen and oxygen atoms in total. The van der Waals surface area contributed by atoms with Gasteiger partial charge in [-0.3, -0.25) is 9.97 Å². The van der Waals surface area contributed by atoms with Crippen molar-refractivity contribution in [1.29, 1.82) is 0 Å². The van der Waals surface area contributed by atoms with Gasteiger partial charge in [-0.1, -0.05) is 25.7 Å². The summed E-state index contributed by atoms with van der Waals surface area (Å²) in [4.78, 5) is 12.8. The average molecular weight is 397 g/mol. The molecule has 1 N–H and O–H groups in total. The fraction of sp³-hybridized carbons (Fsp3) is 0.381. The number of aliphatic hydroxyl groups excluding tert-OH is 1. The van der Waals surface area contributed by atoms with E-state index in [9.17, 15) is 5.11 Å². The number of hydrogen-bond acceptors (Lipinski definition) is 5. The monoisotopic (exact) mass is 396 g/mol. The van der Waals surface area contributed by atoms with Gasteiger partial charge in [0.1, 0.15) is 12.6 Å². The van der Waals surface area contributed by atoms with Crippen LogP contribution in [-0.2, 0) is 17.9 Å². The molecule has 0 radical (unpaired) electrons. The van der Waals surface area contributed by atoms with Crippen molar-refractivity contribution in [3.8, 4) is 0 Å². The SMILES string of the molecule is C[Si](C)(C)CCOCn1c(Cc2ccncc2)cnc1C(O)c1ccccn1. The summed E-state index contributed by atoms with van der Waals surface area (Å²) in [6, 6.07) is 10.6. The summed E-state index contributed by atoms with van der Waals surface area (Å²) >= 11 is 0. The summed E-state index contributed by atoms with van der Waals surface area (Å²) in [5, 5.41) is 10.8. The van der Waals surface area contributed by atoms with Crippen LogP contribution in [0.5, 0.6) is 0 Å². The first-order chi connectivity index (χ1) is 13.4. The maximum Gasteiger partial charge on any atom is 0.154 e. The molecule has 1 unspecified atom stereocenters. The highest BCUT2D eigenvalue weighted by atomic mass is 28.3. The first-order valence-corrected chi connectivity index (χ1v) is 13.2. The standard InChI is InChI=1S/C21H28N4O2Si/c1-28(2,3)13-12-27-16-25-18(14-17-7-10-22-11-8-17)15-24-21(25)20(26)19-6-4-5-9-23-19/h4-11,15,20,26H,12-14,16H2,1-3H3. The maximum absolute atomic E-state index is 10.8. The van der Waals surface area contributed by atoms with E-state index >= 15 is 0 Å². The topological polar surface area (TPSA) is 73.1 Å². The predicted molar refractivity (Wildman–Crippen MR) is 112 cm³/mol. The van der Waals surface area contributed by atoms with Crippen LogP contribution in [0.15, 0.2) is 55.1 Å². The largest absolute Gasteiger partial charge is 0.379 e. The van der Waals surface area contributed by atoms with Crippen LogP contribution in [0.1, 0.15) is 28.9 Å². The molecule has 3 aromatic rings. The number of nitrogens with zero attached hydrogens (tertiary/aromatic N) is 4. The Kier molecular flexibility index (Phi) is 6.72. The minimum atomic E-state index is -1.16. The quantitative estimate of drug-likeness (QED) is 0.441. The summed E-state index contributed by atoms with van der Waals surface area (Å²) in [6.45, 7) is 8.07. The minimum Gasteiger partial charge on any atom is -0.379 e. The van der Waals surface area contributed by atoms with E-state index in [1.54, 1.807) is 24.7 Å². The lowest BCUT2D eigenvalue weighted by atomic mass is 10.1. The molecule has 0 spiro atoms. The molecule has 0 bridgehead atoms. The molecule has 148 valence electrons. The Morgan fingerprint density at radius 1 is 1.07 bits per heavy atom. The van der Waals surface area contributed by atoms with E-state index in [0.717, 1.165) is 17.3 Å². The normalized spacial score (nSPS) is 12.9. The molecule has 0 amide bonds. The third-order valence-corrected chi connectivity index (χ3v) is 6.24. The second kappa shape index (κ2) is 9.23. The minimum absolute atomic E-state index is 0.365. The molecule has 0 saturated carbocycles. The molecule has 7 heteroatoms. The smallest absolute Gasteiger partial charge is 0.154 e. The molecule has 0 aliphatic carbocycles. The fourth-order valence-electron chi connectivity index (χ4n) is 2.85. The molecule has 0 aromatic carbocycles. The van der Waals surface area contributed by atoms with E-state index in [2.05, 4.69) is 34.6 Å². The predicted octanol–water partition coefficient (Wildman–Crippen LogP) is 3.66. The average Bonchev–Trinajstić information content (AvgIpc) is 3.08. The van der Waals surface area contributed by atoms with Gasteiger partial charge in [0.15, 0.2) is 6.10 Å². The second-order valence-electron chi connectivity index (χ2n) is 8.07. The van der Waals surface area contributed by atoms with E-state index in [4.69, 9.17) is 4.74 Å². The zero-order chi connectivity index (χ0) is 20.0. The lowest BCUT2D eigenvalue weighted by Gasteiger charge is -2.18. The van der Waals surface area contributed by atoms with Crippen LogP contribution in [0.3, 0.4) is 0 Å². The molecule has 0 aliphatic heterocycles. The van der Waals surface area contributed by atoms with Crippen LogP contribution in [-0.4, -0.2) is 39.3 Å². The number of hydrogen-bond donors (Lipinski definition) is 1. The molecular formula is C21H28N4O2Si. The van der Waals surface area contributed by atoms with Gasteiger partial charge in [-0.05, 0) is 35.9 Å². The molecule has 3 aromatic heterocycles. The van der Waals surface area contributed by atoms with Crippen LogP contribution < -0.4 is 0 Å². The number of rotatable bonds is 9. The summed E-state index contributed by atoms with van der Waals surface area (Å²) < 4.78 is 7.94. The molecule has 3 rings (SSSR count). The number of ether oxygens (including phenoxy) is 1. The van der Waals surface area contributed by atoms with Crippen LogP contribution in [0, 0.1) is 0 Å². The van der Waals surface area contributed by atoms with Crippen LogP contribution in [0.2, 0.25) is 25.7 Å². The lowest BCUT2D eigenvalue weighted by molar-refractivity contribution is 0.0767. The zero-order valence-corrected chi connectivity index (χ0v) is 17.7. The Morgan fingerprint density at radius 3 is 2.54 bits per heavy atom. The third kappa shape index (κ3) is 5.57. The van der Waals surface area contributed by atoms with Gasteiger partial charge in [0.2, 0.25) is 0 Å². The highest BCUT2D eigenvalue weighted by molar-refractivity contribution is 6.76. The number of aromatic nitrogens is 4. The molecular weight excluding hydrogens is 368 g/mol. The van der Waals surface area contributed by atoms with Gasteiger partial charge in [-0.15, -0.1) is 0 Å². The van der Waals surface area contributed by atoms with Gasteiger partial charge >= 0.3 is 0 Å². The van der Waals surface area contributed by atoms with Crippen LogP contribution >= 0.6 is 0 Å². The second-order valence-corrected chi connectivity index (χ2v) is 13.7. The summed E-state index contributed by atoms with van der Waals surface area (Å²) in [5.74, 6) is 0.552. The molecule has 28 heavy (non-hydrogen) atoms. The molecule has 3 heterocycles. The fourth-order valence-corrected chi connectivity index (χ4v) is 3.61. The number of pyridine rings is 2. The Labute approximate surface area is 167 Å². The van der Waals surface area contributed by atoms with Gasteiger partial charge in [-0.2, -0.15) is 0 Å². The Bertz CT molecular complexity index is 863. The molecule has 0 fully saturated rings. The Morgan fingerprint density at radius 2 is 1.86 bits per heavy atom. The van der Waals surface area contributed by atoms with Gasteiger partial charge in [0.25, 0.3) is 0 Å². The van der Waals surface area contributed by atoms with Crippen LogP contribution in [0.25, 0.3) is 0 Å². The molecule has 1 atom stereocenters. The summed E-state index contributed by atoms with van der Waals surface area (Å²) in [5.41, 5.74) is 2.70. The van der Waals surface area contributed by atoms with Crippen molar-refractivity contribution in [1.82, 2.24) is 19.5 Å². The highest BCUT2D eigenvalue weighted by Gasteiger charge is 2.21. The van der Waals surface area contributed by atoms with Crippen molar-refractivity contribution in [3.05, 3.63) is 77.9 Å². The highest BCUT2D eigenvalue weighted by Crippen LogP contribution is 2.22. The molecule has 0 aliphatic rings. The van der Waals surface area contributed by atoms with Gasteiger partial charge in [0, 0.05) is 51.6 Å². The van der Waals surface area contributed by atoms with Crippen molar-refractivity contribution in [2.24, 2.45) is 0 Å². The van der Waals surface area contributed by atoms with Crippen molar-refractivity contribution in [2.75, 3.05) is 6.61 Å². The molecule has 0 saturated heterocycles. The zero-order valence-electron chi connectivity index (χ0n) is 16.7. The van der Waals surface area contributed by atoms with Crippen molar-refractivity contribution in [2.45, 2.75) is 44.9 Å². The number of imidazole rings is 1. The first-order valence-electron chi connectivity index (χ1n) is 9.54. The first kappa shape index (κ1) is 20.4. The van der Waals surface area contributed by atoms with Crippen molar-refractivity contribution >= 4 is 8.07 Å². The van der Waals surface area contributed by atoms with Gasteiger partial charge < -0.3 is 14.4 Å². The van der Waals surface area contributed by atoms with Crippen LogP contribution in [0.4, 0.5) is 0 Å². The summed E-state index contributed by atoms with van der Waals surface area (Å²) in [6.07, 6.45) is 6.85. The third-order valence-electron chi connectivity index (χ3n) is 4.53. The Hall–Kier alpha value is -2.35. The lowest BCUT2D eigenvalue weighted by Crippen LogP contribution is -2.22. The van der Waals surface area contributed by atoms with Gasteiger partial charge in [0.05, 0.1) is 5.69 Å². The van der Waals surface area contributed by atoms with E-state index < -0.39 is 14.2 Å². The maximum atomic E-state index is 10.8. The Balaban J connectivity index is 1.82. The van der Waals surface area contributed by atoms with Crippen molar-refractivity contribution in [3.63, 3.8) is 0 Å². The van der Waals surface area contributed by atoms with E-state index in [1.807, 2.05) is 35.0 Å². The van der Waals surface area contributed by atoms with E-state index in [-0.39, 0.29) is 0 Å². The van der Waals surface area contributed by atoms with E-state index in [0.29, 0.717) is 31.3 Å². The summed E-state index contributed by atoms with van der Waals surface area (Å²) in [7, 11) is -1.16.